The Kier molecular flexibility index (Phi) is 5.27. The second-order valence-corrected chi connectivity index (χ2v) is 6.67. The molecule has 0 fully saturated rings. The van der Waals surface area contributed by atoms with Crippen molar-refractivity contribution >= 4 is 27.5 Å². The first-order valence-corrected chi connectivity index (χ1v) is 8.62. The van der Waals surface area contributed by atoms with Gasteiger partial charge in [-0.2, -0.15) is 5.10 Å². The molecule has 7 heteroatoms. The lowest BCUT2D eigenvalue weighted by atomic mass is 10.2. The van der Waals surface area contributed by atoms with E-state index in [9.17, 15) is 14.0 Å². The number of hydrogen-bond donors (Lipinski definition) is 1. The van der Waals surface area contributed by atoms with Crippen LogP contribution < -0.4 is 10.9 Å². The van der Waals surface area contributed by atoms with Crippen molar-refractivity contribution in [3.63, 3.8) is 0 Å². The summed E-state index contributed by atoms with van der Waals surface area (Å²) in [4.78, 5) is 24.5. The molecule has 1 aromatic heterocycles. The summed E-state index contributed by atoms with van der Waals surface area (Å²) in [5.74, 6) is -0.768. The topological polar surface area (TPSA) is 64.0 Å². The third kappa shape index (κ3) is 4.23. The fraction of sp³-hybridized carbons (Fsp3) is 0.105. The molecule has 0 unspecified atom stereocenters. The minimum absolute atomic E-state index is 0.119. The van der Waals surface area contributed by atoms with Gasteiger partial charge in [0.2, 0.25) is 0 Å². The van der Waals surface area contributed by atoms with Crippen molar-refractivity contribution in [1.82, 2.24) is 9.78 Å². The molecule has 0 aliphatic heterocycles. The maximum Gasteiger partial charge on any atom is 0.276 e. The van der Waals surface area contributed by atoms with Crippen LogP contribution >= 0.6 is 15.9 Å². The van der Waals surface area contributed by atoms with Crippen LogP contribution in [0.3, 0.4) is 0 Å². The van der Waals surface area contributed by atoms with Crippen molar-refractivity contribution in [1.29, 1.82) is 0 Å². The molecule has 3 rings (SSSR count). The molecule has 0 radical (unpaired) electrons. The second-order valence-electron chi connectivity index (χ2n) is 5.75. The van der Waals surface area contributed by atoms with Crippen LogP contribution in [0.25, 0.3) is 0 Å². The molecule has 26 heavy (non-hydrogen) atoms. The number of nitrogens with zero attached hydrogens (tertiary/aromatic N) is 2. The summed E-state index contributed by atoms with van der Waals surface area (Å²) in [5, 5.41) is 6.91. The summed E-state index contributed by atoms with van der Waals surface area (Å²) in [7, 11) is 0. The lowest BCUT2D eigenvalue weighted by Crippen LogP contribution is -2.26. The van der Waals surface area contributed by atoms with Crippen LogP contribution in [0.5, 0.6) is 0 Å². The fourth-order valence-electron chi connectivity index (χ4n) is 2.40. The largest absolute Gasteiger partial charge is 0.320 e. The lowest BCUT2D eigenvalue weighted by Gasteiger charge is -2.10. The quantitative estimate of drug-likeness (QED) is 0.705. The molecule has 1 N–H and O–H groups in total. The molecule has 132 valence electrons. The number of carbonyl (C=O) groups excluding carboxylic acids is 1. The highest BCUT2D eigenvalue weighted by atomic mass is 79.9. The summed E-state index contributed by atoms with van der Waals surface area (Å²) in [6, 6.07) is 13.9. The number of halogens is 2. The van der Waals surface area contributed by atoms with Gasteiger partial charge < -0.3 is 5.32 Å². The molecule has 0 spiro atoms. The monoisotopic (exact) mass is 415 g/mol. The van der Waals surface area contributed by atoms with E-state index in [4.69, 9.17) is 0 Å². The average molecular weight is 416 g/mol. The highest BCUT2D eigenvalue weighted by Crippen LogP contribution is 2.20. The van der Waals surface area contributed by atoms with Crippen LogP contribution in [0.4, 0.5) is 10.1 Å². The Morgan fingerprint density at radius 1 is 1.15 bits per heavy atom. The van der Waals surface area contributed by atoms with E-state index in [0.29, 0.717) is 11.3 Å². The minimum atomic E-state index is -0.414. The zero-order valence-electron chi connectivity index (χ0n) is 13.9. The summed E-state index contributed by atoms with van der Waals surface area (Å²) >= 11 is 3.37. The number of benzene rings is 2. The molecule has 0 atom stereocenters. The third-order valence-corrected chi connectivity index (χ3v) is 4.27. The van der Waals surface area contributed by atoms with Crippen LogP contribution in [-0.2, 0) is 6.54 Å². The molecule has 1 heterocycles. The molecular formula is C19H15BrFN3O2. The van der Waals surface area contributed by atoms with E-state index in [2.05, 4.69) is 26.3 Å². The maximum atomic E-state index is 13.0. The van der Waals surface area contributed by atoms with E-state index in [1.54, 1.807) is 18.2 Å². The normalized spacial score (nSPS) is 10.6. The van der Waals surface area contributed by atoms with Gasteiger partial charge in [0.05, 0.1) is 6.54 Å². The lowest BCUT2D eigenvalue weighted by molar-refractivity contribution is 0.102. The number of carbonyl (C=O) groups is 1. The van der Waals surface area contributed by atoms with Gasteiger partial charge in [0.15, 0.2) is 0 Å². The van der Waals surface area contributed by atoms with Crippen molar-refractivity contribution in [2.24, 2.45) is 0 Å². The molecule has 1 amide bonds. The Balaban J connectivity index is 1.83. The Morgan fingerprint density at radius 3 is 2.58 bits per heavy atom. The molecule has 0 saturated carbocycles. The minimum Gasteiger partial charge on any atom is -0.320 e. The summed E-state index contributed by atoms with van der Waals surface area (Å²) in [6.45, 7) is 2.03. The molecular weight excluding hydrogens is 401 g/mol. The van der Waals surface area contributed by atoms with Gasteiger partial charge in [-0.1, -0.05) is 28.1 Å². The Labute approximate surface area is 157 Å². The number of nitrogens with one attached hydrogen (secondary N) is 1. The van der Waals surface area contributed by atoms with E-state index in [-0.39, 0.29) is 23.6 Å². The molecule has 5 nitrogen and oxygen atoms in total. The highest BCUT2D eigenvalue weighted by molar-refractivity contribution is 9.10. The number of hydrogen-bond acceptors (Lipinski definition) is 3. The molecule has 2 aromatic carbocycles. The smallest absolute Gasteiger partial charge is 0.276 e. The van der Waals surface area contributed by atoms with E-state index >= 15 is 0 Å². The summed E-state index contributed by atoms with van der Waals surface area (Å²) < 4.78 is 15.1. The van der Waals surface area contributed by atoms with Gasteiger partial charge >= 0.3 is 0 Å². The van der Waals surface area contributed by atoms with Crippen LogP contribution in [0.1, 0.15) is 21.6 Å². The van der Waals surface area contributed by atoms with Crippen LogP contribution in [0.15, 0.2) is 63.9 Å². The van der Waals surface area contributed by atoms with Gasteiger partial charge in [0.25, 0.3) is 11.5 Å². The predicted octanol–water partition coefficient (Wildman–Crippen LogP) is 3.75. The van der Waals surface area contributed by atoms with Crippen molar-refractivity contribution in [3.05, 3.63) is 92.1 Å². The van der Waals surface area contributed by atoms with Gasteiger partial charge in [-0.05, 0) is 54.4 Å². The van der Waals surface area contributed by atoms with Gasteiger partial charge in [0.1, 0.15) is 11.5 Å². The van der Waals surface area contributed by atoms with Gasteiger partial charge in [0, 0.05) is 16.2 Å². The first kappa shape index (κ1) is 18.0. The Hall–Kier alpha value is -2.80. The van der Waals surface area contributed by atoms with Crippen molar-refractivity contribution in [2.45, 2.75) is 13.5 Å². The first-order chi connectivity index (χ1) is 12.4. The average Bonchev–Trinajstić information content (AvgIpc) is 2.61. The number of aromatic nitrogens is 2. The molecule has 0 bridgehead atoms. The predicted molar refractivity (Wildman–Crippen MR) is 101 cm³/mol. The molecule has 0 aliphatic rings. The second kappa shape index (κ2) is 7.61. The zero-order valence-corrected chi connectivity index (χ0v) is 15.5. The zero-order chi connectivity index (χ0) is 18.7. The van der Waals surface area contributed by atoms with Crippen LogP contribution in [-0.4, -0.2) is 15.7 Å². The van der Waals surface area contributed by atoms with Crippen LogP contribution in [0, 0.1) is 12.7 Å². The Morgan fingerprint density at radius 2 is 1.88 bits per heavy atom. The standard InChI is InChI=1S/C19H15BrFN3O2/c1-12-10-14(20)4-7-16(12)22-19(26)17-8-9-18(25)24(23-17)11-13-2-5-15(21)6-3-13/h2-10H,11H2,1H3,(H,22,26). The summed E-state index contributed by atoms with van der Waals surface area (Å²) in [6.07, 6.45) is 0. The van der Waals surface area contributed by atoms with Gasteiger partial charge in [-0.3, -0.25) is 9.59 Å². The summed E-state index contributed by atoms with van der Waals surface area (Å²) in [5.41, 5.74) is 2.05. The Bertz CT molecular complexity index is 1020. The van der Waals surface area contributed by atoms with Crippen LogP contribution in [0.2, 0.25) is 0 Å². The maximum absolute atomic E-state index is 13.0. The highest BCUT2D eigenvalue weighted by Gasteiger charge is 2.12. The SMILES string of the molecule is Cc1cc(Br)ccc1NC(=O)c1ccc(=O)n(Cc2ccc(F)cc2)n1. The fourth-order valence-corrected chi connectivity index (χ4v) is 2.88. The van der Waals surface area contributed by atoms with E-state index in [0.717, 1.165) is 10.0 Å². The number of amides is 1. The van der Waals surface area contributed by atoms with Gasteiger partial charge in [-0.15, -0.1) is 0 Å². The first-order valence-electron chi connectivity index (χ1n) is 7.82. The molecule has 3 aromatic rings. The van der Waals surface area contributed by atoms with E-state index in [1.807, 2.05) is 19.1 Å². The number of rotatable bonds is 4. The molecule has 0 saturated heterocycles. The van der Waals surface area contributed by atoms with Crippen molar-refractivity contribution < 1.29 is 9.18 Å². The van der Waals surface area contributed by atoms with E-state index < -0.39 is 5.91 Å². The van der Waals surface area contributed by atoms with Crippen molar-refractivity contribution in [2.75, 3.05) is 5.32 Å². The van der Waals surface area contributed by atoms with Crippen molar-refractivity contribution in [3.8, 4) is 0 Å². The number of anilines is 1. The van der Waals surface area contributed by atoms with Gasteiger partial charge in [-0.25, -0.2) is 9.07 Å². The van der Waals surface area contributed by atoms with E-state index in [1.165, 1.54) is 28.9 Å². The number of aryl methyl sites for hydroxylation is 1. The third-order valence-electron chi connectivity index (χ3n) is 3.78. The molecule has 0 aliphatic carbocycles.